The van der Waals surface area contributed by atoms with E-state index in [-0.39, 0.29) is 30.2 Å². The summed E-state index contributed by atoms with van der Waals surface area (Å²) in [5, 5.41) is 9.19. The van der Waals surface area contributed by atoms with Crippen LogP contribution in [0.2, 0.25) is 0 Å². The molecule has 8 heteroatoms. The van der Waals surface area contributed by atoms with Gasteiger partial charge in [-0.05, 0) is 50.5 Å². The minimum atomic E-state index is -0.350. The van der Waals surface area contributed by atoms with Gasteiger partial charge in [-0.3, -0.25) is 9.59 Å². The third-order valence-corrected chi connectivity index (χ3v) is 5.65. The summed E-state index contributed by atoms with van der Waals surface area (Å²) in [4.78, 5) is 31.2. The minimum Gasteiger partial charge on any atom is -0.357 e. The Morgan fingerprint density at radius 3 is 2.57 bits per heavy atom. The van der Waals surface area contributed by atoms with Crippen molar-refractivity contribution in [2.75, 3.05) is 31.5 Å². The second-order valence-electron chi connectivity index (χ2n) is 8.00. The lowest BCUT2D eigenvalue weighted by molar-refractivity contribution is -0.135. The Kier molecular flexibility index (Phi) is 8.04. The summed E-state index contributed by atoms with van der Waals surface area (Å²) in [6.07, 6.45) is 6.45. The number of hydrogen-bond donors (Lipinski definition) is 3. The Labute approximate surface area is 177 Å². The zero-order valence-electron chi connectivity index (χ0n) is 17.6. The Morgan fingerprint density at radius 2 is 1.87 bits per heavy atom. The number of hydrogen-bond acceptors (Lipinski definition) is 3. The van der Waals surface area contributed by atoms with E-state index in [1.807, 2.05) is 11.8 Å². The number of nitrogens with one attached hydrogen (secondary N) is 3. The molecule has 1 saturated carbocycles. The van der Waals surface area contributed by atoms with Gasteiger partial charge in [0.2, 0.25) is 11.8 Å². The molecule has 1 aromatic rings. The lowest BCUT2D eigenvalue weighted by Crippen LogP contribution is -2.46. The molecule has 2 fully saturated rings. The first-order valence-electron chi connectivity index (χ1n) is 10.9. The summed E-state index contributed by atoms with van der Waals surface area (Å²) >= 11 is 0. The first kappa shape index (κ1) is 22.1. The summed E-state index contributed by atoms with van der Waals surface area (Å²) in [6.45, 7) is 4.01. The van der Waals surface area contributed by atoms with E-state index < -0.39 is 0 Å². The average molecular weight is 418 g/mol. The number of guanidine groups is 1. The van der Waals surface area contributed by atoms with E-state index in [1.165, 1.54) is 30.7 Å². The molecule has 30 heavy (non-hydrogen) atoms. The van der Waals surface area contributed by atoms with Crippen LogP contribution in [-0.4, -0.2) is 54.9 Å². The first-order chi connectivity index (χ1) is 14.5. The molecule has 1 saturated heterocycles. The molecule has 164 valence electrons. The summed E-state index contributed by atoms with van der Waals surface area (Å²) in [7, 11) is 0. The summed E-state index contributed by atoms with van der Waals surface area (Å²) in [6, 6.07) is 5.74. The van der Waals surface area contributed by atoms with Crippen molar-refractivity contribution in [3.63, 3.8) is 0 Å². The van der Waals surface area contributed by atoms with Gasteiger partial charge in [-0.15, -0.1) is 0 Å². The maximum Gasteiger partial charge on any atom is 0.246 e. The molecule has 0 spiro atoms. The molecule has 0 radical (unpaired) electrons. The molecule has 1 atom stereocenters. The Hall–Kier alpha value is -2.64. The van der Waals surface area contributed by atoms with Gasteiger partial charge in [-0.1, -0.05) is 19.3 Å². The lowest BCUT2D eigenvalue weighted by Gasteiger charge is -2.26. The number of aliphatic imine (C=N–C) groups is 1. The third kappa shape index (κ3) is 6.43. The molecule has 2 aliphatic rings. The topological polar surface area (TPSA) is 85.8 Å². The van der Waals surface area contributed by atoms with Crippen LogP contribution in [0.5, 0.6) is 0 Å². The van der Waals surface area contributed by atoms with Crippen LogP contribution in [0.4, 0.5) is 10.1 Å². The van der Waals surface area contributed by atoms with Gasteiger partial charge in [-0.25, -0.2) is 9.38 Å². The lowest BCUT2D eigenvalue weighted by atomic mass is 9.88. The van der Waals surface area contributed by atoms with Gasteiger partial charge in [0.1, 0.15) is 12.4 Å². The first-order valence-corrected chi connectivity index (χ1v) is 10.9. The normalized spacial score (nSPS) is 20.1. The number of likely N-dealkylation sites (tertiary alicyclic amines) is 1. The molecule has 0 bridgehead atoms. The fourth-order valence-electron chi connectivity index (χ4n) is 4.08. The number of carbonyl (C=O) groups is 2. The second-order valence-corrected chi connectivity index (χ2v) is 8.00. The molecule has 1 heterocycles. The van der Waals surface area contributed by atoms with Crippen molar-refractivity contribution in [2.24, 2.45) is 10.9 Å². The molecular weight excluding hydrogens is 385 g/mol. The van der Waals surface area contributed by atoms with E-state index in [2.05, 4.69) is 20.9 Å². The SMILES string of the molecule is CCNC(=NCC(=O)Nc1ccc(F)cc1)NC1CCN(C(=O)C2CCCCC2)C1. The Bertz CT molecular complexity index is 746. The van der Waals surface area contributed by atoms with E-state index in [0.29, 0.717) is 30.6 Å². The fourth-order valence-corrected chi connectivity index (χ4v) is 4.08. The van der Waals surface area contributed by atoms with Gasteiger partial charge in [0, 0.05) is 37.3 Å². The maximum absolute atomic E-state index is 13.0. The van der Waals surface area contributed by atoms with E-state index in [0.717, 1.165) is 38.6 Å². The number of nitrogens with zero attached hydrogens (tertiary/aromatic N) is 2. The van der Waals surface area contributed by atoms with Crippen molar-refractivity contribution in [1.29, 1.82) is 0 Å². The van der Waals surface area contributed by atoms with Crippen LogP contribution in [-0.2, 0) is 9.59 Å². The monoisotopic (exact) mass is 417 g/mol. The molecule has 1 aromatic carbocycles. The second kappa shape index (κ2) is 10.9. The predicted molar refractivity (Wildman–Crippen MR) is 116 cm³/mol. The minimum absolute atomic E-state index is 0.0514. The molecule has 2 amide bonds. The highest BCUT2D eigenvalue weighted by molar-refractivity contribution is 5.94. The molecule has 7 nitrogen and oxygen atoms in total. The van der Waals surface area contributed by atoms with Crippen molar-refractivity contribution in [2.45, 2.75) is 51.5 Å². The third-order valence-electron chi connectivity index (χ3n) is 5.65. The highest BCUT2D eigenvalue weighted by Gasteiger charge is 2.31. The van der Waals surface area contributed by atoms with Crippen LogP contribution in [0.15, 0.2) is 29.3 Å². The van der Waals surface area contributed by atoms with Crippen LogP contribution in [0.3, 0.4) is 0 Å². The van der Waals surface area contributed by atoms with Gasteiger partial charge in [0.25, 0.3) is 0 Å². The van der Waals surface area contributed by atoms with E-state index in [1.54, 1.807) is 0 Å². The average Bonchev–Trinajstić information content (AvgIpc) is 3.22. The van der Waals surface area contributed by atoms with Crippen LogP contribution < -0.4 is 16.0 Å². The summed E-state index contributed by atoms with van der Waals surface area (Å²) in [5.74, 6) is 0.412. The van der Waals surface area contributed by atoms with Gasteiger partial charge in [-0.2, -0.15) is 0 Å². The van der Waals surface area contributed by atoms with E-state index in [9.17, 15) is 14.0 Å². The summed E-state index contributed by atoms with van der Waals surface area (Å²) in [5.41, 5.74) is 0.530. The van der Waals surface area contributed by atoms with Crippen molar-refractivity contribution in [3.05, 3.63) is 30.1 Å². The fraction of sp³-hybridized carbons (Fsp3) is 0.591. The van der Waals surface area contributed by atoms with Gasteiger partial charge in [0.15, 0.2) is 5.96 Å². The van der Waals surface area contributed by atoms with E-state index >= 15 is 0 Å². The van der Waals surface area contributed by atoms with Crippen molar-refractivity contribution in [1.82, 2.24) is 15.5 Å². The number of carbonyl (C=O) groups excluding carboxylic acids is 2. The molecule has 0 aromatic heterocycles. The van der Waals surface area contributed by atoms with E-state index in [4.69, 9.17) is 0 Å². The number of rotatable bonds is 6. The predicted octanol–water partition coefficient (Wildman–Crippen LogP) is 2.50. The highest BCUT2D eigenvalue weighted by Crippen LogP contribution is 2.26. The molecule has 3 N–H and O–H groups in total. The molecule has 3 rings (SSSR count). The van der Waals surface area contributed by atoms with Crippen LogP contribution >= 0.6 is 0 Å². The van der Waals surface area contributed by atoms with Gasteiger partial charge < -0.3 is 20.9 Å². The number of halogens is 1. The highest BCUT2D eigenvalue weighted by atomic mass is 19.1. The van der Waals surface area contributed by atoms with Crippen LogP contribution in [0, 0.1) is 11.7 Å². The van der Waals surface area contributed by atoms with Crippen molar-refractivity contribution in [3.8, 4) is 0 Å². The van der Waals surface area contributed by atoms with Gasteiger partial charge >= 0.3 is 0 Å². The quantitative estimate of drug-likeness (QED) is 0.490. The smallest absolute Gasteiger partial charge is 0.246 e. The zero-order valence-corrected chi connectivity index (χ0v) is 17.6. The van der Waals surface area contributed by atoms with Crippen LogP contribution in [0.1, 0.15) is 45.4 Å². The van der Waals surface area contributed by atoms with Gasteiger partial charge in [0.05, 0.1) is 0 Å². The van der Waals surface area contributed by atoms with Crippen LogP contribution in [0.25, 0.3) is 0 Å². The maximum atomic E-state index is 13.0. The largest absolute Gasteiger partial charge is 0.357 e. The molecule has 1 unspecified atom stereocenters. The Morgan fingerprint density at radius 1 is 1.13 bits per heavy atom. The standard InChI is InChI=1S/C22H32FN5O2/c1-2-24-22(25-14-20(29)26-18-10-8-17(23)9-11-18)27-19-12-13-28(15-19)21(30)16-6-4-3-5-7-16/h8-11,16,19H,2-7,12-15H2,1H3,(H,26,29)(H2,24,25,27). The number of benzene rings is 1. The van der Waals surface area contributed by atoms with Crippen molar-refractivity contribution < 1.29 is 14.0 Å². The van der Waals surface area contributed by atoms with Crippen molar-refractivity contribution >= 4 is 23.5 Å². The summed E-state index contributed by atoms with van der Waals surface area (Å²) < 4.78 is 13.0. The molecule has 1 aliphatic carbocycles. The molecule has 1 aliphatic heterocycles. The zero-order chi connectivity index (χ0) is 21.3. The number of anilines is 1. The Balaban J connectivity index is 1.49. The molecular formula is C22H32FN5O2. The number of amides is 2.